The molecular formula is C17H24N4O5S. The van der Waals surface area contributed by atoms with Gasteiger partial charge in [-0.05, 0) is 25.1 Å². The molecule has 2 rings (SSSR count). The van der Waals surface area contributed by atoms with Crippen LogP contribution in [0.15, 0.2) is 23.1 Å². The number of likely N-dealkylation sites (N-methyl/N-ethyl adjacent to an activating group) is 1. The fourth-order valence-corrected chi connectivity index (χ4v) is 3.66. The number of carboxylic acids is 1. The highest BCUT2D eigenvalue weighted by atomic mass is 32.2. The molecule has 0 fully saturated rings. The molecule has 0 aliphatic rings. The first-order valence-corrected chi connectivity index (χ1v) is 9.89. The van der Waals surface area contributed by atoms with Crippen molar-refractivity contribution in [2.75, 3.05) is 27.2 Å². The molecule has 1 heterocycles. The highest BCUT2D eigenvalue weighted by molar-refractivity contribution is 7.89. The molecule has 9 nitrogen and oxygen atoms in total. The third kappa shape index (κ3) is 4.45. The Morgan fingerprint density at radius 2 is 1.93 bits per heavy atom. The largest absolute Gasteiger partial charge is 0.480 e. The van der Waals surface area contributed by atoms with E-state index in [2.05, 4.69) is 4.98 Å². The van der Waals surface area contributed by atoms with E-state index in [0.717, 1.165) is 9.82 Å². The number of aliphatic carboxylic acids is 1. The van der Waals surface area contributed by atoms with E-state index >= 15 is 0 Å². The summed E-state index contributed by atoms with van der Waals surface area (Å²) < 4.78 is 27.5. The van der Waals surface area contributed by atoms with Crippen molar-refractivity contribution in [1.29, 1.82) is 0 Å². The molecule has 0 bridgehead atoms. The standard InChI is InChI=1S/C17H24N4O5S/c1-5-21(11-17(23)24)16(22)9-8-15-18-13-10-12(27(25,26)19(2)3)6-7-14(13)20(15)4/h6-7,10H,5,8-9,11H2,1-4H3,(H,23,24). The molecule has 0 unspecified atom stereocenters. The number of aryl methyl sites for hydroxylation is 2. The molecule has 1 N–H and O–H groups in total. The number of hydrogen-bond acceptors (Lipinski definition) is 5. The molecule has 27 heavy (non-hydrogen) atoms. The Kier molecular flexibility index (Phi) is 6.22. The quantitative estimate of drug-likeness (QED) is 0.702. The highest BCUT2D eigenvalue weighted by Gasteiger charge is 2.20. The molecule has 2 aromatic rings. The Morgan fingerprint density at radius 3 is 2.48 bits per heavy atom. The van der Waals surface area contributed by atoms with Crippen LogP contribution in [0.1, 0.15) is 19.2 Å². The summed E-state index contributed by atoms with van der Waals surface area (Å²) in [6.45, 7) is 1.71. The van der Waals surface area contributed by atoms with Gasteiger partial charge in [0.1, 0.15) is 12.4 Å². The number of sulfonamides is 1. The molecule has 148 valence electrons. The van der Waals surface area contributed by atoms with Crippen molar-refractivity contribution in [3.05, 3.63) is 24.0 Å². The predicted molar refractivity (Wildman–Crippen MR) is 99.8 cm³/mol. The normalized spacial score (nSPS) is 11.9. The first-order chi connectivity index (χ1) is 12.6. The lowest BCUT2D eigenvalue weighted by Crippen LogP contribution is -2.35. The van der Waals surface area contributed by atoms with E-state index in [1.807, 2.05) is 4.57 Å². The monoisotopic (exact) mass is 396 g/mol. The van der Waals surface area contributed by atoms with E-state index < -0.39 is 16.0 Å². The lowest BCUT2D eigenvalue weighted by atomic mass is 10.2. The van der Waals surface area contributed by atoms with Crippen molar-refractivity contribution in [2.24, 2.45) is 7.05 Å². The number of carboxylic acid groups (broad SMARTS) is 1. The number of amides is 1. The van der Waals surface area contributed by atoms with E-state index in [-0.39, 0.29) is 23.8 Å². The number of nitrogens with zero attached hydrogens (tertiary/aromatic N) is 4. The zero-order valence-electron chi connectivity index (χ0n) is 15.8. The third-order valence-corrected chi connectivity index (χ3v) is 6.16. The van der Waals surface area contributed by atoms with Crippen molar-refractivity contribution in [2.45, 2.75) is 24.7 Å². The summed E-state index contributed by atoms with van der Waals surface area (Å²) in [7, 11) is 1.17. The Morgan fingerprint density at radius 1 is 1.26 bits per heavy atom. The van der Waals surface area contributed by atoms with Crippen LogP contribution in [0.4, 0.5) is 0 Å². The highest BCUT2D eigenvalue weighted by Crippen LogP contribution is 2.22. The molecule has 0 saturated heterocycles. The van der Waals surface area contributed by atoms with E-state index in [1.165, 1.54) is 31.1 Å². The van der Waals surface area contributed by atoms with Crippen molar-refractivity contribution in [3.8, 4) is 0 Å². The summed E-state index contributed by atoms with van der Waals surface area (Å²) in [5.41, 5.74) is 1.29. The first-order valence-electron chi connectivity index (χ1n) is 8.45. The lowest BCUT2D eigenvalue weighted by molar-refractivity contribution is -0.144. The average Bonchev–Trinajstić information content (AvgIpc) is 2.92. The minimum Gasteiger partial charge on any atom is -0.480 e. The number of aromatic nitrogens is 2. The lowest BCUT2D eigenvalue weighted by Gasteiger charge is -2.18. The molecule has 0 aliphatic carbocycles. The van der Waals surface area contributed by atoms with Gasteiger partial charge in [-0.3, -0.25) is 9.59 Å². The summed E-state index contributed by atoms with van der Waals surface area (Å²) in [6, 6.07) is 4.73. The molecule has 0 radical (unpaired) electrons. The molecule has 1 aromatic carbocycles. The minimum atomic E-state index is -3.56. The topological polar surface area (TPSA) is 113 Å². The van der Waals surface area contributed by atoms with Gasteiger partial charge in [0.05, 0.1) is 15.9 Å². The van der Waals surface area contributed by atoms with Gasteiger partial charge < -0.3 is 14.6 Å². The smallest absolute Gasteiger partial charge is 0.323 e. The Labute approximate surface area is 158 Å². The van der Waals surface area contributed by atoms with Crippen molar-refractivity contribution >= 4 is 32.9 Å². The van der Waals surface area contributed by atoms with E-state index in [9.17, 15) is 18.0 Å². The molecule has 0 atom stereocenters. The number of carbonyl (C=O) groups is 2. The maximum absolute atomic E-state index is 12.3. The fourth-order valence-electron chi connectivity index (χ4n) is 2.74. The summed E-state index contributed by atoms with van der Waals surface area (Å²) in [4.78, 5) is 28.9. The molecule has 0 spiro atoms. The van der Waals surface area contributed by atoms with Crippen molar-refractivity contribution in [3.63, 3.8) is 0 Å². The van der Waals surface area contributed by atoms with Gasteiger partial charge in [0, 0.05) is 40.5 Å². The van der Waals surface area contributed by atoms with E-state index in [0.29, 0.717) is 24.3 Å². The zero-order chi connectivity index (χ0) is 20.4. The van der Waals surface area contributed by atoms with Crippen LogP contribution in [0.5, 0.6) is 0 Å². The molecule has 0 aliphatic heterocycles. The average molecular weight is 396 g/mol. The van der Waals surface area contributed by atoms with Crippen LogP contribution in [0, 0.1) is 0 Å². The van der Waals surface area contributed by atoms with Crippen LogP contribution in [0.3, 0.4) is 0 Å². The van der Waals surface area contributed by atoms with Crippen molar-refractivity contribution in [1.82, 2.24) is 18.8 Å². The van der Waals surface area contributed by atoms with Crippen LogP contribution >= 0.6 is 0 Å². The van der Waals surface area contributed by atoms with Gasteiger partial charge in [0.15, 0.2) is 0 Å². The summed E-state index contributed by atoms with van der Waals surface area (Å²) >= 11 is 0. The second-order valence-corrected chi connectivity index (χ2v) is 8.48. The number of imidazole rings is 1. The maximum atomic E-state index is 12.3. The Bertz CT molecular complexity index is 965. The van der Waals surface area contributed by atoms with Crippen molar-refractivity contribution < 1.29 is 23.1 Å². The van der Waals surface area contributed by atoms with Crippen LogP contribution < -0.4 is 0 Å². The van der Waals surface area contributed by atoms with Gasteiger partial charge in [0.25, 0.3) is 0 Å². The number of rotatable bonds is 8. The summed E-state index contributed by atoms with van der Waals surface area (Å²) in [5.74, 6) is -0.686. The number of carbonyl (C=O) groups excluding carboxylic acids is 1. The second kappa shape index (κ2) is 8.05. The first kappa shape index (κ1) is 20.8. The van der Waals surface area contributed by atoms with Crippen LogP contribution in [-0.2, 0) is 33.1 Å². The SMILES string of the molecule is CCN(CC(=O)O)C(=O)CCc1nc2cc(S(=O)(=O)N(C)C)ccc2n1C. The summed E-state index contributed by atoms with van der Waals surface area (Å²) in [6.07, 6.45) is 0.455. The Balaban J connectivity index is 2.24. The molecule has 1 amide bonds. The molecular weight excluding hydrogens is 372 g/mol. The minimum absolute atomic E-state index is 0.126. The van der Waals surface area contributed by atoms with E-state index in [4.69, 9.17) is 5.11 Å². The number of hydrogen-bond donors (Lipinski definition) is 1. The van der Waals surface area contributed by atoms with Gasteiger partial charge in [0.2, 0.25) is 15.9 Å². The van der Waals surface area contributed by atoms with Crippen LogP contribution in [-0.4, -0.2) is 71.3 Å². The number of benzene rings is 1. The van der Waals surface area contributed by atoms with Crippen LogP contribution in [0.25, 0.3) is 11.0 Å². The Hall–Kier alpha value is -2.46. The zero-order valence-corrected chi connectivity index (χ0v) is 16.7. The molecule has 10 heteroatoms. The molecule has 1 aromatic heterocycles. The predicted octanol–water partition coefficient (Wildman–Crippen LogP) is 0.689. The number of fused-ring (bicyclic) bond motifs is 1. The fraction of sp³-hybridized carbons (Fsp3) is 0.471. The maximum Gasteiger partial charge on any atom is 0.323 e. The van der Waals surface area contributed by atoms with Gasteiger partial charge in [-0.2, -0.15) is 0 Å². The third-order valence-electron chi connectivity index (χ3n) is 4.35. The molecule has 0 saturated carbocycles. The van der Waals surface area contributed by atoms with Crippen LogP contribution in [0.2, 0.25) is 0 Å². The van der Waals surface area contributed by atoms with Gasteiger partial charge in [-0.1, -0.05) is 0 Å². The second-order valence-electron chi connectivity index (χ2n) is 6.33. The van der Waals surface area contributed by atoms with E-state index in [1.54, 1.807) is 20.0 Å². The summed E-state index contributed by atoms with van der Waals surface area (Å²) in [5, 5.41) is 8.86. The van der Waals surface area contributed by atoms with Gasteiger partial charge in [-0.25, -0.2) is 17.7 Å². The van der Waals surface area contributed by atoms with Gasteiger partial charge >= 0.3 is 5.97 Å². The van der Waals surface area contributed by atoms with Gasteiger partial charge in [-0.15, -0.1) is 0 Å².